The van der Waals surface area contributed by atoms with E-state index in [1.54, 1.807) is 11.3 Å². The zero-order chi connectivity index (χ0) is 13.2. The van der Waals surface area contributed by atoms with Gasteiger partial charge in [-0.05, 0) is 48.9 Å². The molecule has 100 valence electrons. The van der Waals surface area contributed by atoms with E-state index in [0.717, 1.165) is 16.8 Å². The van der Waals surface area contributed by atoms with Crippen LogP contribution in [0.2, 0.25) is 4.34 Å². The first kappa shape index (κ1) is 13.2. The van der Waals surface area contributed by atoms with Gasteiger partial charge in [-0.15, -0.1) is 11.3 Å². The van der Waals surface area contributed by atoms with Gasteiger partial charge in [-0.1, -0.05) is 35.9 Å². The summed E-state index contributed by atoms with van der Waals surface area (Å²) in [6, 6.07) is 13.4. The van der Waals surface area contributed by atoms with Crippen molar-refractivity contribution < 1.29 is 0 Å². The van der Waals surface area contributed by atoms with Crippen molar-refractivity contribution >= 4 is 22.9 Å². The van der Waals surface area contributed by atoms with Crippen LogP contribution in [-0.4, -0.2) is 0 Å². The van der Waals surface area contributed by atoms with Crippen molar-refractivity contribution in [1.29, 1.82) is 0 Å². The van der Waals surface area contributed by atoms with E-state index in [2.05, 4.69) is 42.6 Å². The van der Waals surface area contributed by atoms with Gasteiger partial charge in [-0.2, -0.15) is 0 Å². The van der Waals surface area contributed by atoms with E-state index in [4.69, 9.17) is 11.6 Å². The number of hydrogen-bond donors (Lipinski definition) is 1. The van der Waals surface area contributed by atoms with Crippen molar-refractivity contribution in [1.82, 2.24) is 5.32 Å². The van der Waals surface area contributed by atoms with E-state index < -0.39 is 0 Å². The molecule has 1 aliphatic rings. The average Bonchev–Trinajstić information content (AvgIpc) is 3.19. The summed E-state index contributed by atoms with van der Waals surface area (Å²) >= 11 is 7.63. The van der Waals surface area contributed by atoms with E-state index >= 15 is 0 Å². The molecule has 19 heavy (non-hydrogen) atoms. The first-order valence-corrected chi connectivity index (χ1v) is 7.99. The number of halogens is 1. The lowest BCUT2D eigenvalue weighted by Gasteiger charge is -2.12. The molecule has 1 fully saturated rings. The second-order valence-corrected chi connectivity index (χ2v) is 7.01. The summed E-state index contributed by atoms with van der Waals surface area (Å²) in [5, 5.41) is 3.57. The molecule has 1 nitrogen and oxygen atoms in total. The second-order valence-electron chi connectivity index (χ2n) is 5.26. The van der Waals surface area contributed by atoms with Crippen LogP contribution in [0, 0.1) is 0 Å². The molecule has 3 heteroatoms. The standard InChI is InChI=1S/C16H18ClNS/c1-11(15-7-8-16(17)19-15)18-10-12-3-2-4-14(9-12)13-5-6-13/h2-4,7-9,11,13,18H,5-6,10H2,1H3. The molecule has 1 unspecified atom stereocenters. The van der Waals surface area contributed by atoms with Crippen LogP contribution >= 0.6 is 22.9 Å². The Kier molecular flexibility index (Phi) is 3.92. The molecule has 1 atom stereocenters. The van der Waals surface area contributed by atoms with E-state index in [1.807, 2.05) is 6.07 Å². The quantitative estimate of drug-likeness (QED) is 0.805. The van der Waals surface area contributed by atoms with Gasteiger partial charge in [-0.3, -0.25) is 0 Å². The normalized spacial score (nSPS) is 16.5. The minimum atomic E-state index is 0.349. The Morgan fingerprint density at radius 3 is 2.84 bits per heavy atom. The maximum atomic E-state index is 5.97. The monoisotopic (exact) mass is 291 g/mol. The number of thiophene rings is 1. The number of rotatable bonds is 5. The van der Waals surface area contributed by atoms with E-state index in [-0.39, 0.29) is 0 Å². The molecule has 2 aromatic rings. The van der Waals surface area contributed by atoms with Gasteiger partial charge < -0.3 is 5.32 Å². The first-order valence-electron chi connectivity index (χ1n) is 6.80. The van der Waals surface area contributed by atoms with Crippen molar-refractivity contribution in [3.05, 3.63) is 56.7 Å². The Labute approximate surface area is 123 Å². The molecular formula is C16H18ClNS. The van der Waals surface area contributed by atoms with Crippen LogP contribution in [0.25, 0.3) is 0 Å². The van der Waals surface area contributed by atoms with Crippen LogP contribution in [0.15, 0.2) is 36.4 Å². The van der Waals surface area contributed by atoms with E-state index in [0.29, 0.717) is 6.04 Å². The molecular weight excluding hydrogens is 274 g/mol. The van der Waals surface area contributed by atoms with Crippen molar-refractivity contribution in [2.24, 2.45) is 0 Å². The summed E-state index contributed by atoms with van der Waals surface area (Å²) in [5.74, 6) is 0.827. The summed E-state index contributed by atoms with van der Waals surface area (Å²) < 4.78 is 0.861. The third-order valence-corrected chi connectivity index (χ3v) is 5.05. The van der Waals surface area contributed by atoms with E-state index in [1.165, 1.54) is 28.8 Å². The highest BCUT2D eigenvalue weighted by molar-refractivity contribution is 7.16. The van der Waals surface area contributed by atoms with E-state index in [9.17, 15) is 0 Å². The third-order valence-electron chi connectivity index (χ3n) is 3.63. The van der Waals surface area contributed by atoms with Gasteiger partial charge in [0.2, 0.25) is 0 Å². The predicted molar refractivity (Wildman–Crippen MR) is 83.0 cm³/mol. The number of nitrogens with one attached hydrogen (secondary N) is 1. The third kappa shape index (κ3) is 3.38. The number of benzene rings is 1. The van der Waals surface area contributed by atoms with Gasteiger partial charge in [0.25, 0.3) is 0 Å². The van der Waals surface area contributed by atoms with Gasteiger partial charge in [-0.25, -0.2) is 0 Å². The van der Waals surface area contributed by atoms with Crippen LogP contribution in [0.1, 0.15) is 47.7 Å². The van der Waals surface area contributed by atoms with Crippen LogP contribution < -0.4 is 5.32 Å². The van der Waals surface area contributed by atoms with Crippen LogP contribution in [0.4, 0.5) is 0 Å². The summed E-state index contributed by atoms with van der Waals surface area (Å²) in [7, 11) is 0. The summed E-state index contributed by atoms with van der Waals surface area (Å²) in [6.07, 6.45) is 2.72. The SMILES string of the molecule is CC(NCc1cccc(C2CC2)c1)c1ccc(Cl)s1. The van der Waals surface area contributed by atoms with Crippen LogP contribution in [-0.2, 0) is 6.54 Å². The fourth-order valence-corrected chi connectivity index (χ4v) is 3.39. The molecule has 0 bridgehead atoms. The molecule has 0 amide bonds. The minimum absolute atomic E-state index is 0.349. The summed E-state index contributed by atoms with van der Waals surface area (Å²) in [4.78, 5) is 1.29. The Morgan fingerprint density at radius 1 is 1.32 bits per heavy atom. The molecule has 0 aliphatic heterocycles. The number of hydrogen-bond acceptors (Lipinski definition) is 2. The molecule has 1 aliphatic carbocycles. The Bertz CT molecular complexity index is 559. The Hall–Kier alpha value is -0.830. The average molecular weight is 292 g/mol. The topological polar surface area (TPSA) is 12.0 Å². The lowest BCUT2D eigenvalue weighted by molar-refractivity contribution is 0.582. The van der Waals surface area contributed by atoms with Gasteiger partial charge in [0.1, 0.15) is 0 Å². The van der Waals surface area contributed by atoms with Crippen LogP contribution in [0.3, 0.4) is 0 Å². The predicted octanol–water partition coefficient (Wildman–Crippen LogP) is 5.13. The fourth-order valence-electron chi connectivity index (χ4n) is 2.31. The zero-order valence-electron chi connectivity index (χ0n) is 11.0. The summed E-state index contributed by atoms with van der Waals surface area (Å²) in [6.45, 7) is 3.10. The molecule has 1 aromatic heterocycles. The van der Waals surface area contributed by atoms with Crippen molar-refractivity contribution in [2.75, 3.05) is 0 Å². The highest BCUT2D eigenvalue weighted by Crippen LogP contribution is 2.40. The molecule has 1 heterocycles. The highest BCUT2D eigenvalue weighted by atomic mass is 35.5. The summed E-state index contributed by atoms with van der Waals surface area (Å²) in [5.41, 5.74) is 2.88. The fraction of sp³-hybridized carbons (Fsp3) is 0.375. The smallest absolute Gasteiger partial charge is 0.0931 e. The lowest BCUT2D eigenvalue weighted by Crippen LogP contribution is -2.17. The molecule has 0 spiro atoms. The zero-order valence-corrected chi connectivity index (χ0v) is 12.6. The Morgan fingerprint density at radius 2 is 2.16 bits per heavy atom. The highest BCUT2D eigenvalue weighted by Gasteiger charge is 2.23. The van der Waals surface area contributed by atoms with Crippen LogP contribution in [0.5, 0.6) is 0 Å². The second kappa shape index (κ2) is 5.66. The van der Waals surface area contributed by atoms with Crippen molar-refractivity contribution in [3.8, 4) is 0 Å². The Balaban J connectivity index is 1.60. The first-order chi connectivity index (χ1) is 9.22. The molecule has 0 radical (unpaired) electrons. The molecule has 1 saturated carbocycles. The lowest BCUT2D eigenvalue weighted by atomic mass is 10.1. The maximum absolute atomic E-state index is 5.97. The van der Waals surface area contributed by atoms with Gasteiger partial charge in [0, 0.05) is 17.5 Å². The van der Waals surface area contributed by atoms with Crippen molar-refractivity contribution in [2.45, 2.75) is 38.3 Å². The van der Waals surface area contributed by atoms with Gasteiger partial charge in [0.05, 0.1) is 4.34 Å². The minimum Gasteiger partial charge on any atom is -0.305 e. The molecule has 1 N–H and O–H groups in total. The van der Waals surface area contributed by atoms with Crippen molar-refractivity contribution in [3.63, 3.8) is 0 Å². The maximum Gasteiger partial charge on any atom is 0.0931 e. The molecule has 3 rings (SSSR count). The molecule has 1 aromatic carbocycles. The van der Waals surface area contributed by atoms with Gasteiger partial charge >= 0.3 is 0 Å². The van der Waals surface area contributed by atoms with Gasteiger partial charge in [0.15, 0.2) is 0 Å². The molecule has 0 saturated heterocycles. The largest absolute Gasteiger partial charge is 0.305 e.